The first kappa shape index (κ1) is 18.2. The van der Waals surface area contributed by atoms with E-state index in [-0.39, 0.29) is 0 Å². The number of anilines is 2. The second-order valence-corrected chi connectivity index (χ2v) is 6.12. The highest BCUT2D eigenvalue weighted by atomic mass is 32.1. The van der Waals surface area contributed by atoms with Crippen molar-refractivity contribution < 1.29 is 9.47 Å². The lowest BCUT2D eigenvalue weighted by Crippen LogP contribution is -2.36. The highest BCUT2D eigenvalue weighted by Crippen LogP contribution is 2.22. The molecule has 2 N–H and O–H groups in total. The number of hydrogen-bond donors (Lipinski definition) is 2. The molecule has 0 aliphatic carbocycles. The van der Waals surface area contributed by atoms with Gasteiger partial charge in [0.05, 0.1) is 32.2 Å². The molecule has 136 valence electrons. The molecule has 1 fully saturated rings. The Labute approximate surface area is 158 Å². The van der Waals surface area contributed by atoms with Crippen molar-refractivity contribution in [2.45, 2.75) is 0 Å². The topological polar surface area (TPSA) is 58.1 Å². The van der Waals surface area contributed by atoms with Crippen LogP contribution in [-0.4, -0.2) is 44.7 Å². The summed E-state index contributed by atoms with van der Waals surface area (Å²) in [4.78, 5) is 2.31. The number of methoxy groups -OCH3 is 1. The van der Waals surface area contributed by atoms with Gasteiger partial charge in [-0.25, -0.2) is 0 Å². The maximum atomic E-state index is 5.38. The Morgan fingerprint density at radius 1 is 1.15 bits per heavy atom. The molecule has 2 aromatic rings. The van der Waals surface area contributed by atoms with Crippen LogP contribution in [0.4, 0.5) is 11.4 Å². The first-order valence-electron chi connectivity index (χ1n) is 8.42. The predicted molar refractivity (Wildman–Crippen MR) is 109 cm³/mol. The number of ether oxygens (including phenoxy) is 2. The molecule has 1 saturated heterocycles. The first-order valence-corrected chi connectivity index (χ1v) is 8.83. The number of hydrazone groups is 1. The smallest absolute Gasteiger partial charge is 0.191 e. The third-order valence-electron chi connectivity index (χ3n) is 4.00. The van der Waals surface area contributed by atoms with Gasteiger partial charge >= 0.3 is 0 Å². The molecule has 0 atom stereocenters. The van der Waals surface area contributed by atoms with E-state index in [1.165, 1.54) is 5.69 Å². The molecule has 0 bridgehead atoms. The van der Waals surface area contributed by atoms with Crippen LogP contribution in [0.2, 0.25) is 0 Å². The van der Waals surface area contributed by atoms with Gasteiger partial charge in [-0.3, -0.25) is 5.43 Å². The fraction of sp³-hybridized carbons (Fsp3) is 0.263. The zero-order chi connectivity index (χ0) is 18.2. The monoisotopic (exact) mass is 370 g/mol. The van der Waals surface area contributed by atoms with Crippen LogP contribution in [0, 0.1) is 0 Å². The molecule has 3 rings (SSSR count). The van der Waals surface area contributed by atoms with Crippen LogP contribution in [0.25, 0.3) is 0 Å². The molecule has 1 aliphatic heterocycles. The van der Waals surface area contributed by atoms with Gasteiger partial charge in [0.25, 0.3) is 0 Å². The Hall–Kier alpha value is -2.64. The summed E-state index contributed by atoms with van der Waals surface area (Å²) in [6.07, 6.45) is 1.74. The minimum Gasteiger partial charge on any atom is -0.495 e. The van der Waals surface area contributed by atoms with Crippen LogP contribution in [0.15, 0.2) is 53.6 Å². The van der Waals surface area contributed by atoms with Gasteiger partial charge in [0.2, 0.25) is 0 Å². The van der Waals surface area contributed by atoms with Gasteiger partial charge < -0.3 is 19.7 Å². The predicted octanol–water partition coefficient (Wildman–Crippen LogP) is 2.85. The Balaban J connectivity index is 1.52. The van der Waals surface area contributed by atoms with Gasteiger partial charge in [0.15, 0.2) is 5.11 Å². The minimum absolute atomic E-state index is 0.399. The van der Waals surface area contributed by atoms with Crippen LogP contribution < -0.4 is 20.4 Å². The van der Waals surface area contributed by atoms with Gasteiger partial charge in [-0.15, -0.1) is 0 Å². The molecule has 0 amide bonds. The van der Waals surface area contributed by atoms with Crippen molar-refractivity contribution in [2.75, 3.05) is 43.6 Å². The second-order valence-electron chi connectivity index (χ2n) is 5.72. The number of rotatable bonds is 5. The molecule has 0 unspecified atom stereocenters. The van der Waals surface area contributed by atoms with Crippen molar-refractivity contribution in [2.24, 2.45) is 5.10 Å². The maximum absolute atomic E-state index is 5.38. The van der Waals surface area contributed by atoms with E-state index >= 15 is 0 Å². The van der Waals surface area contributed by atoms with Crippen molar-refractivity contribution in [3.05, 3.63) is 54.1 Å². The van der Waals surface area contributed by atoms with E-state index in [2.05, 4.69) is 32.9 Å². The number of thiocarbonyl (C=S) groups is 1. The largest absolute Gasteiger partial charge is 0.495 e. The van der Waals surface area contributed by atoms with Gasteiger partial charge in [-0.1, -0.05) is 24.3 Å². The van der Waals surface area contributed by atoms with Crippen LogP contribution in [-0.2, 0) is 4.74 Å². The zero-order valence-corrected chi connectivity index (χ0v) is 15.5. The average Bonchev–Trinajstić information content (AvgIpc) is 2.69. The molecule has 7 heteroatoms. The van der Waals surface area contributed by atoms with Gasteiger partial charge in [-0.05, 0) is 42.0 Å². The van der Waals surface area contributed by atoms with Gasteiger partial charge in [0.1, 0.15) is 5.75 Å². The second kappa shape index (κ2) is 9.17. The number of para-hydroxylation sites is 2. The minimum atomic E-state index is 0.399. The van der Waals surface area contributed by atoms with Gasteiger partial charge in [-0.2, -0.15) is 5.10 Å². The summed E-state index contributed by atoms with van der Waals surface area (Å²) in [5.74, 6) is 0.722. The molecule has 2 aromatic carbocycles. The van der Waals surface area contributed by atoms with Crippen molar-refractivity contribution in [3.8, 4) is 5.75 Å². The lowest BCUT2D eigenvalue weighted by atomic mass is 10.2. The number of morpholine rings is 1. The number of benzene rings is 2. The fourth-order valence-corrected chi connectivity index (χ4v) is 2.82. The van der Waals surface area contributed by atoms with Crippen molar-refractivity contribution in [1.29, 1.82) is 0 Å². The summed E-state index contributed by atoms with van der Waals surface area (Å²) in [5, 5.41) is 7.64. The van der Waals surface area contributed by atoms with E-state index in [4.69, 9.17) is 21.7 Å². The Kier molecular flexibility index (Phi) is 6.40. The summed E-state index contributed by atoms with van der Waals surface area (Å²) < 4.78 is 10.7. The van der Waals surface area contributed by atoms with Crippen LogP contribution in [0.1, 0.15) is 5.56 Å². The van der Waals surface area contributed by atoms with Crippen LogP contribution >= 0.6 is 12.2 Å². The van der Waals surface area contributed by atoms with Crippen molar-refractivity contribution in [3.63, 3.8) is 0 Å². The number of nitrogens with one attached hydrogen (secondary N) is 2. The molecule has 0 radical (unpaired) electrons. The van der Waals surface area contributed by atoms with Crippen molar-refractivity contribution in [1.82, 2.24) is 5.43 Å². The molecule has 6 nitrogen and oxygen atoms in total. The molecular formula is C19H22N4O2S. The van der Waals surface area contributed by atoms with Gasteiger partial charge in [0, 0.05) is 18.8 Å². The van der Waals surface area contributed by atoms with Crippen LogP contribution in [0.3, 0.4) is 0 Å². The summed E-state index contributed by atoms with van der Waals surface area (Å²) in [5.41, 5.74) is 5.80. The number of nitrogens with zero attached hydrogens (tertiary/aromatic N) is 2. The summed E-state index contributed by atoms with van der Waals surface area (Å²) in [6.45, 7) is 3.42. The Morgan fingerprint density at radius 2 is 1.88 bits per heavy atom. The third-order valence-corrected chi connectivity index (χ3v) is 4.20. The lowest BCUT2D eigenvalue weighted by molar-refractivity contribution is 0.122. The van der Waals surface area contributed by atoms with E-state index in [1.807, 2.05) is 36.4 Å². The Morgan fingerprint density at radius 3 is 2.62 bits per heavy atom. The summed E-state index contributed by atoms with van der Waals surface area (Å²) in [7, 11) is 1.62. The molecule has 0 spiro atoms. The van der Waals surface area contributed by atoms with E-state index in [0.29, 0.717) is 5.11 Å². The molecule has 1 aliphatic rings. The van der Waals surface area contributed by atoms with Crippen LogP contribution in [0.5, 0.6) is 5.75 Å². The van der Waals surface area contributed by atoms with E-state index in [9.17, 15) is 0 Å². The third kappa shape index (κ3) is 4.93. The highest BCUT2D eigenvalue weighted by Gasteiger charge is 2.10. The molecule has 0 saturated carbocycles. The molecule has 0 aromatic heterocycles. The van der Waals surface area contributed by atoms with E-state index in [1.54, 1.807) is 13.3 Å². The zero-order valence-electron chi connectivity index (χ0n) is 14.6. The van der Waals surface area contributed by atoms with Crippen molar-refractivity contribution >= 4 is 34.9 Å². The lowest BCUT2D eigenvalue weighted by Gasteiger charge is -2.28. The standard InChI is InChI=1S/C19H22N4O2S/c1-24-18-5-3-2-4-17(18)21-19(26)22-20-14-15-6-8-16(9-7-15)23-10-12-25-13-11-23/h2-9,14H,10-13H2,1H3,(H2,21,22,26)/b20-14-. The highest BCUT2D eigenvalue weighted by molar-refractivity contribution is 7.80. The van der Waals surface area contributed by atoms with E-state index < -0.39 is 0 Å². The molecule has 1 heterocycles. The molecule has 26 heavy (non-hydrogen) atoms. The number of hydrogen-bond acceptors (Lipinski definition) is 5. The Bertz CT molecular complexity index is 758. The van der Waals surface area contributed by atoms with E-state index in [0.717, 1.165) is 43.3 Å². The maximum Gasteiger partial charge on any atom is 0.191 e. The SMILES string of the molecule is COc1ccccc1NC(=S)N/N=C\c1ccc(N2CCOCC2)cc1. The summed E-state index contributed by atoms with van der Waals surface area (Å²) >= 11 is 5.26. The average molecular weight is 370 g/mol. The fourth-order valence-electron chi connectivity index (χ4n) is 2.66. The first-order chi connectivity index (χ1) is 12.8. The normalized spacial score (nSPS) is 14.3. The summed E-state index contributed by atoms with van der Waals surface area (Å²) in [6, 6.07) is 15.8. The quantitative estimate of drug-likeness (QED) is 0.480. The molecular weight excluding hydrogens is 348 g/mol.